The minimum atomic E-state index is -0.639. The predicted octanol–water partition coefficient (Wildman–Crippen LogP) is 3.68. The highest BCUT2D eigenvalue weighted by Crippen LogP contribution is 2.26. The van der Waals surface area contributed by atoms with E-state index in [0.717, 1.165) is 5.56 Å². The Kier molecular flexibility index (Phi) is 4.82. The molecule has 1 heterocycles. The third kappa shape index (κ3) is 3.64. The minimum Gasteiger partial charge on any atom is -0.322 e. The van der Waals surface area contributed by atoms with Gasteiger partial charge in [0.15, 0.2) is 5.82 Å². The summed E-state index contributed by atoms with van der Waals surface area (Å²) < 4.78 is 13.8. The third-order valence-corrected chi connectivity index (χ3v) is 4.21. The summed E-state index contributed by atoms with van der Waals surface area (Å²) in [5.74, 6) is -0.969. The molecule has 0 spiro atoms. The van der Waals surface area contributed by atoms with Crippen LogP contribution in [0.5, 0.6) is 0 Å². The summed E-state index contributed by atoms with van der Waals surface area (Å²) in [6.45, 7) is 0. The second kappa shape index (κ2) is 6.84. The number of anilines is 1. The van der Waals surface area contributed by atoms with Gasteiger partial charge in [0.2, 0.25) is 5.91 Å². The molecule has 2 aromatic rings. The van der Waals surface area contributed by atoms with Crippen LogP contribution < -0.4 is 16.2 Å². The quantitative estimate of drug-likeness (QED) is 0.788. The zero-order chi connectivity index (χ0) is 16.4. The second-order valence-corrected chi connectivity index (χ2v) is 6.12. The first-order chi connectivity index (χ1) is 11.0. The summed E-state index contributed by atoms with van der Waals surface area (Å²) in [4.78, 5) is 12.3. The van der Waals surface area contributed by atoms with Gasteiger partial charge in [-0.3, -0.25) is 4.79 Å². The van der Waals surface area contributed by atoms with Crippen molar-refractivity contribution < 1.29 is 9.18 Å². The number of amides is 1. The van der Waals surface area contributed by atoms with Crippen LogP contribution in [0.4, 0.5) is 10.1 Å². The molecule has 0 aromatic heterocycles. The number of carbonyl (C=O) groups excluding carboxylic acids is 1. The maximum atomic E-state index is 13.8. The molecule has 7 heteroatoms. The lowest BCUT2D eigenvalue weighted by Gasteiger charge is -2.12. The van der Waals surface area contributed by atoms with Gasteiger partial charge in [-0.2, -0.15) is 0 Å². The van der Waals surface area contributed by atoms with Gasteiger partial charge in [0.05, 0.1) is 10.7 Å². The Balaban J connectivity index is 1.67. The molecule has 3 N–H and O–H groups in total. The van der Waals surface area contributed by atoms with Crippen LogP contribution in [0.25, 0.3) is 0 Å². The Morgan fingerprint density at radius 3 is 2.74 bits per heavy atom. The second-order valence-electron chi connectivity index (χ2n) is 5.28. The first-order valence-electron chi connectivity index (χ1n) is 7.06. The molecule has 2 aromatic carbocycles. The van der Waals surface area contributed by atoms with E-state index in [4.69, 9.17) is 23.2 Å². The van der Waals surface area contributed by atoms with Crippen molar-refractivity contribution in [2.45, 2.75) is 18.5 Å². The third-order valence-electron chi connectivity index (χ3n) is 3.68. The lowest BCUT2D eigenvalue weighted by molar-refractivity contribution is -0.117. The summed E-state index contributed by atoms with van der Waals surface area (Å²) in [6, 6.07) is 11.4. The number of carbonyl (C=O) groups is 1. The van der Waals surface area contributed by atoms with E-state index in [1.807, 2.05) is 18.2 Å². The standard InChI is InChI=1S/C16H14Cl2FN3O/c17-10-4-1-3-9(7-10)13-8-14(22-21-13)16(23)20-12-6-2-5-11(18)15(12)19/h1-7,13-14,21-22H,8H2,(H,20,23). The van der Waals surface area contributed by atoms with Crippen molar-refractivity contribution in [3.8, 4) is 0 Å². The summed E-state index contributed by atoms with van der Waals surface area (Å²) in [6.07, 6.45) is 0.522. The summed E-state index contributed by atoms with van der Waals surface area (Å²) in [7, 11) is 0. The molecular formula is C16H14Cl2FN3O. The molecule has 4 nitrogen and oxygen atoms in total. The number of halogens is 3. The first-order valence-corrected chi connectivity index (χ1v) is 7.81. The lowest BCUT2D eigenvalue weighted by Crippen LogP contribution is -2.39. The SMILES string of the molecule is O=C(Nc1cccc(Cl)c1F)C1CC(c2cccc(Cl)c2)NN1. The van der Waals surface area contributed by atoms with Gasteiger partial charge in [-0.25, -0.2) is 15.2 Å². The summed E-state index contributed by atoms with van der Waals surface area (Å²) in [5, 5.41) is 3.16. The fourth-order valence-corrected chi connectivity index (χ4v) is 2.86. The number of nitrogens with one attached hydrogen (secondary N) is 3. The Bertz CT molecular complexity index is 741. The predicted molar refractivity (Wildman–Crippen MR) is 88.9 cm³/mol. The van der Waals surface area contributed by atoms with E-state index < -0.39 is 11.9 Å². The van der Waals surface area contributed by atoms with Crippen molar-refractivity contribution in [1.29, 1.82) is 0 Å². The van der Waals surface area contributed by atoms with E-state index in [1.165, 1.54) is 12.1 Å². The molecule has 0 bridgehead atoms. The van der Waals surface area contributed by atoms with Gasteiger partial charge in [0.25, 0.3) is 0 Å². The highest BCUT2D eigenvalue weighted by molar-refractivity contribution is 6.31. The Morgan fingerprint density at radius 1 is 1.17 bits per heavy atom. The molecule has 2 unspecified atom stereocenters. The van der Waals surface area contributed by atoms with E-state index in [-0.39, 0.29) is 22.7 Å². The average molecular weight is 354 g/mol. The zero-order valence-corrected chi connectivity index (χ0v) is 13.5. The smallest absolute Gasteiger partial charge is 0.243 e. The number of benzene rings is 2. The van der Waals surface area contributed by atoms with Crippen molar-refractivity contribution in [3.05, 3.63) is 63.9 Å². The largest absolute Gasteiger partial charge is 0.322 e. The number of hydrogen-bond acceptors (Lipinski definition) is 3. The van der Waals surface area contributed by atoms with Crippen molar-refractivity contribution in [3.63, 3.8) is 0 Å². The van der Waals surface area contributed by atoms with Gasteiger partial charge in [0, 0.05) is 11.1 Å². The number of hydrazine groups is 1. The van der Waals surface area contributed by atoms with Crippen LogP contribution in [0.3, 0.4) is 0 Å². The molecule has 23 heavy (non-hydrogen) atoms. The first kappa shape index (κ1) is 16.2. The Morgan fingerprint density at radius 2 is 1.96 bits per heavy atom. The zero-order valence-electron chi connectivity index (χ0n) is 11.9. The van der Waals surface area contributed by atoms with Crippen LogP contribution in [-0.4, -0.2) is 11.9 Å². The fourth-order valence-electron chi connectivity index (χ4n) is 2.49. The van der Waals surface area contributed by atoms with Crippen molar-refractivity contribution in [1.82, 2.24) is 10.9 Å². The molecule has 1 amide bonds. The maximum absolute atomic E-state index is 13.8. The van der Waals surface area contributed by atoms with Crippen LogP contribution >= 0.6 is 23.2 Å². The highest BCUT2D eigenvalue weighted by Gasteiger charge is 2.30. The molecule has 3 rings (SSSR count). The molecule has 120 valence electrons. The van der Waals surface area contributed by atoms with E-state index >= 15 is 0 Å². The van der Waals surface area contributed by atoms with E-state index in [0.29, 0.717) is 11.4 Å². The van der Waals surface area contributed by atoms with Crippen molar-refractivity contribution in [2.24, 2.45) is 0 Å². The maximum Gasteiger partial charge on any atom is 0.243 e. The molecule has 0 radical (unpaired) electrons. The van der Waals surface area contributed by atoms with Crippen LogP contribution in [-0.2, 0) is 4.79 Å². The monoisotopic (exact) mass is 353 g/mol. The van der Waals surface area contributed by atoms with Crippen LogP contribution in [0.2, 0.25) is 10.0 Å². The molecule has 0 aliphatic carbocycles. The molecular weight excluding hydrogens is 340 g/mol. The molecule has 0 saturated carbocycles. The lowest BCUT2D eigenvalue weighted by atomic mass is 10.0. The van der Waals surface area contributed by atoms with Crippen LogP contribution in [0, 0.1) is 5.82 Å². The van der Waals surface area contributed by atoms with Crippen molar-refractivity contribution in [2.75, 3.05) is 5.32 Å². The van der Waals surface area contributed by atoms with Crippen molar-refractivity contribution >= 4 is 34.8 Å². The fraction of sp³-hybridized carbons (Fsp3) is 0.188. The van der Waals surface area contributed by atoms with Gasteiger partial charge < -0.3 is 5.32 Å². The number of hydrogen-bond donors (Lipinski definition) is 3. The van der Waals surface area contributed by atoms with Crippen LogP contribution in [0.1, 0.15) is 18.0 Å². The molecule has 2 atom stereocenters. The van der Waals surface area contributed by atoms with E-state index in [9.17, 15) is 9.18 Å². The number of rotatable bonds is 3. The van der Waals surface area contributed by atoms with Gasteiger partial charge in [-0.1, -0.05) is 41.4 Å². The Hall–Kier alpha value is -1.66. The van der Waals surface area contributed by atoms with Gasteiger partial charge in [-0.05, 0) is 36.2 Å². The summed E-state index contributed by atoms with van der Waals surface area (Å²) in [5.41, 5.74) is 7.02. The average Bonchev–Trinajstić information content (AvgIpc) is 3.02. The van der Waals surface area contributed by atoms with E-state index in [2.05, 4.69) is 16.2 Å². The van der Waals surface area contributed by atoms with Gasteiger partial charge >= 0.3 is 0 Å². The highest BCUT2D eigenvalue weighted by atomic mass is 35.5. The molecule has 1 fully saturated rings. The molecule has 1 aliphatic heterocycles. The Labute approximate surface area is 142 Å². The van der Waals surface area contributed by atoms with Crippen LogP contribution in [0.15, 0.2) is 42.5 Å². The molecule has 1 aliphatic rings. The normalized spacial score (nSPS) is 20.5. The van der Waals surface area contributed by atoms with Gasteiger partial charge in [0.1, 0.15) is 6.04 Å². The van der Waals surface area contributed by atoms with Gasteiger partial charge in [-0.15, -0.1) is 0 Å². The minimum absolute atomic E-state index is 0.0305. The van der Waals surface area contributed by atoms with E-state index in [1.54, 1.807) is 12.1 Å². The molecule has 1 saturated heterocycles. The summed E-state index contributed by atoms with van der Waals surface area (Å²) >= 11 is 11.7. The topological polar surface area (TPSA) is 53.2 Å².